The number of hydrogen-bond donors (Lipinski definition) is 1. The topological polar surface area (TPSA) is 67.2 Å². The van der Waals surface area contributed by atoms with Crippen molar-refractivity contribution in [2.45, 2.75) is 65.3 Å². The molecule has 158 valence electrons. The van der Waals surface area contributed by atoms with Gasteiger partial charge in [0.25, 0.3) is 0 Å². The smallest absolute Gasteiger partial charge is 0.242 e. The van der Waals surface area contributed by atoms with E-state index in [-0.39, 0.29) is 17.7 Å². The molecule has 6 heteroatoms. The Balaban J connectivity index is 1.65. The minimum Gasteiger partial charge on any atom is -0.356 e. The number of carbonyl (C=O) groups is 2. The molecule has 1 aromatic heterocycles. The molecule has 1 aliphatic heterocycles. The molecule has 2 heterocycles. The maximum atomic E-state index is 12.8. The van der Waals surface area contributed by atoms with Crippen molar-refractivity contribution in [2.24, 2.45) is 5.92 Å². The van der Waals surface area contributed by atoms with Crippen LogP contribution in [0.1, 0.15) is 58.2 Å². The number of aryl methyl sites for hydroxylation is 1. The molecular formula is C23H34N4O2. The summed E-state index contributed by atoms with van der Waals surface area (Å²) >= 11 is 0. The zero-order valence-corrected chi connectivity index (χ0v) is 17.8. The summed E-state index contributed by atoms with van der Waals surface area (Å²) < 4.78 is 2.06. The number of carbonyl (C=O) groups excluding carboxylic acids is 2. The second-order valence-electron chi connectivity index (χ2n) is 7.95. The van der Waals surface area contributed by atoms with E-state index in [1.54, 1.807) is 0 Å². The Labute approximate surface area is 173 Å². The van der Waals surface area contributed by atoms with Gasteiger partial charge in [0.2, 0.25) is 11.8 Å². The molecule has 1 saturated heterocycles. The summed E-state index contributed by atoms with van der Waals surface area (Å²) in [6, 6.07) is 8.00. The maximum absolute atomic E-state index is 12.8. The van der Waals surface area contributed by atoms with Gasteiger partial charge in [0.1, 0.15) is 12.4 Å². The van der Waals surface area contributed by atoms with Gasteiger partial charge in [0, 0.05) is 32.0 Å². The van der Waals surface area contributed by atoms with Gasteiger partial charge in [-0.3, -0.25) is 9.59 Å². The van der Waals surface area contributed by atoms with Crippen molar-refractivity contribution in [3.8, 4) is 0 Å². The monoisotopic (exact) mass is 398 g/mol. The minimum absolute atomic E-state index is 0.0988. The molecule has 0 unspecified atom stereocenters. The highest BCUT2D eigenvalue weighted by molar-refractivity contribution is 5.81. The minimum atomic E-state index is 0.0988. The summed E-state index contributed by atoms with van der Waals surface area (Å²) in [6.07, 6.45) is 6.70. The average molecular weight is 399 g/mol. The summed E-state index contributed by atoms with van der Waals surface area (Å²) in [5.41, 5.74) is 1.93. The normalized spacial score (nSPS) is 14.5. The van der Waals surface area contributed by atoms with Gasteiger partial charge < -0.3 is 14.8 Å². The number of para-hydroxylation sites is 2. The molecule has 1 fully saturated rings. The summed E-state index contributed by atoms with van der Waals surface area (Å²) in [7, 11) is 0. The van der Waals surface area contributed by atoms with Gasteiger partial charge in [-0.15, -0.1) is 0 Å². The summed E-state index contributed by atoms with van der Waals surface area (Å²) in [6.45, 7) is 6.81. The lowest BCUT2D eigenvalue weighted by Gasteiger charge is -2.27. The van der Waals surface area contributed by atoms with Crippen LogP contribution in [-0.2, 0) is 22.6 Å². The number of imidazole rings is 1. The van der Waals surface area contributed by atoms with Gasteiger partial charge >= 0.3 is 0 Å². The Hall–Kier alpha value is -2.37. The van der Waals surface area contributed by atoms with Gasteiger partial charge in [-0.2, -0.15) is 0 Å². The summed E-state index contributed by atoms with van der Waals surface area (Å²) in [5.74, 6) is 1.34. The van der Waals surface area contributed by atoms with Gasteiger partial charge in [-0.1, -0.05) is 26.0 Å². The van der Waals surface area contributed by atoms with Crippen molar-refractivity contribution < 1.29 is 9.59 Å². The third-order valence-corrected chi connectivity index (χ3v) is 5.97. The number of benzene rings is 1. The first-order valence-corrected chi connectivity index (χ1v) is 11.1. The number of hydrogen-bond acceptors (Lipinski definition) is 3. The third kappa shape index (κ3) is 5.37. The van der Waals surface area contributed by atoms with Crippen molar-refractivity contribution >= 4 is 22.8 Å². The molecule has 0 bridgehead atoms. The zero-order valence-electron chi connectivity index (χ0n) is 17.8. The van der Waals surface area contributed by atoms with Gasteiger partial charge in [0.05, 0.1) is 11.0 Å². The van der Waals surface area contributed by atoms with Crippen LogP contribution >= 0.6 is 0 Å². The van der Waals surface area contributed by atoms with Gasteiger partial charge in [-0.25, -0.2) is 4.98 Å². The van der Waals surface area contributed by atoms with Crippen LogP contribution in [0.5, 0.6) is 0 Å². The lowest BCUT2D eigenvalue weighted by atomic mass is 10.0. The molecule has 0 saturated carbocycles. The second kappa shape index (κ2) is 10.4. The fraction of sp³-hybridized carbons (Fsp3) is 0.609. The van der Waals surface area contributed by atoms with Crippen LogP contribution in [0.2, 0.25) is 0 Å². The van der Waals surface area contributed by atoms with Gasteiger partial charge in [-0.05, 0) is 50.7 Å². The van der Waals surface area contributed by atoms with E-state index < -0.39 is 0 Å². The molecule has 2 aromatic rings. The van der Waals surface area contributed by atoms with Crippen molar-refractivity contribution in [3.05, 3.63) is 30.1 Å². The first kappa shape index (κ1) is 21.3. The van der Waals surface area contributed by atoms with Crippen LogP contribution in [0.25, 0.3) is 11.0 Å². The number of fused-ring (bicyclic) bond motifs is 1. The molecular weight excluding hydrogens is 364 g/mol. The highest BCUT2D eigenvalue weighted by Crippen LogP contribution is 2.18. The standard InChI is InChI=1S/C23H34N4O2/c1-3-18(4-2)23(29)24-14-10-13-21-25-19-11-6-7-12-20(19)27(21)17-22(28)26-15-8-5-9-16-26/h6-7,11-12,18H,3-5,8-10,13-17H2,1-2H3,(H,24,29). The Morgan fingerprint density at radius 1 is 1.10 bits per heavy atom. The van der Waals surface area contributed by atoms with E-state index in [1.807, 2.05) is 29.2 Å². The average Bonchev–Trinajstić information content (AvgIpc) is 3.10. The first-order valence-electron chi connectivity index (χ1n) is 11.1. The highest BCUT2D eigenvalue weighted by atomic mass is 16.2. The van der Waals surface area contributed by atoms with Crippen LogP contribution in [-0.4, -0.2) is 45.9 Å². The van der Waals surface area contributed by atoms with Crippen molar-refractivity contribution in [1.82, 2.24) is 19.8 Å². The fourth-order valence-electron chi connectivity index (χ4n) is 4.13. The Bertz CT molecular complexity index is 819. The number of piperidine rings is 1. The zero-order chi connectivity index (χ0) is 20.6. The lowest BCUT2D eigenvalue weighted by Crippen LogP contribution is -2.38. The van der Waals surface area contributed by atoms with Crippen LogP contribution in [0.4, 0.5) is 0 Å². The molecule has 1 N–H and O–H groups in total. The molecule has 2 amide bonds. The molecule has 29 heavy (non-hydrogen) atoms. The van der Waals surface area contributed by atoms with E-state index >= 15 is 0 Å². The number of amides is 2. The molecule has 0 radical (unpaired) electrons. The number of aromatic nitrogens is 2. The van der Waals surface area contributed by atoms with E-state index in [4.69, 9.17) is 4.98 Å². The largest absolute Gasteiger partial charge is 0.356 e. The quantitative estimate of drug-likeness (QED) is 0.657. The number of rotatable bonds is 9. The molecule has 1 aliphatic rings. The third-order valence-electron chi connectivity index (χ3n) is 5.97. The Morgan fingerprint density at radius 3 is 2.55 bits per heavy atom. The lowest BCUT2D eigenvalue weighted by molar-refractivity contribution is -0.132. The highest BCUT2D eigenvalue weighted by Gasteiger charge is 2.20. The molecule has 0 spiro atoms. The molecule has 0 atom stereocenters. The van der Waals surface area contributed by atoms with Crippen molar-refractivity contribution in [3.63, 3.8) is 0 Å². The second-order valence-corrected chi connectivity index (χ2v) is 7.95. The van der Waals surface area contributed by atoms with Crippen LogP contribution in [0, 0.1) is 5.92 Å². The van der Waals surface area contributed by atoms with E-state index in [0.29, 0.717) is 13.1 Å². The SMILES string of the molecule is CCC(CC)C(=O)NCCCc1nc2ccccc2n1CC(=O)N1CCCCC1. The van der Waals surface area contributed by atoms with Crippen LogP contribution in [0.3, 0.4) is 0 Å². The summed E-state index contributed by atoms with van der Waals surface area (Å²) in [5, 5.41) is 3.05. The fourth-order valence-corrected chi connectivity index (χ4v) is 4.13. The molecule has 3 rings (SSSR count). The molecule has 6 nitrogen and oxygen atoms in total. The number of likely N-dealkylation sites (tertiary alicyclic amines) is 1. The molecule has 1 aromatic carbocycles. The summed E-state index contributed by atoms with van der Waals surface area (Å²) in [4.78, 5) is 31.8. The first-order chi connectivity index (χ1) is 14.1. The number of nitrogens with zero attached hydrogens (tertiary/aromatic N) is 3. The number of nitrogens with one attached hydrogen (secondary N) is 1. The predicted octanol–water partition coefficient (Wildman–Crippen LogP) is 3.53. The van der Waals surface area contributed by atoms with E-state index in [9.17, 15) is 9.59 Å². The Kier molecular flexibility index (Phi) is 7.67. The van der Waals surface area contributed by atoms with Gasteiger partial charge in [0.15, 0.2) is 0 Å². The predicted molar refractivity (Wildman–Crippen MR) is 116 cm³/mol. The van der Waals surface area contributed by atoms with E-state index in [1.165, 1.54) is 6.42 Å². The Morgan fingerprint density at radius 2 is 1.83 bits per heavy atom. The maximum Gasteiger partial charge on any atom is 0.242 e. The van der Waals surface area contributed by atoms with Crippen molar-refractivity contribution in [2.75, 3.05) is 19.6 Å². The van der Waals surface area contributed by atoms with E-state index in [0.717, 1.165) is 68.5 Å². The van der Waals surface area contributed by atoms with Crippen LogP contribution < -0.4 is 5.32 Å². The van der Waals surface area contributed by atoms with Crippen LogP contribution in [0.15, 0.2) is 24.3 Å². The molecule has 0 aliphatic carbocycles. The van der Waals surface area contributed by atoms with Crippen molar-refractivity contribution in [1.29, 1.82) is 0 Å². The van der Waals surface area contributed by atoms with E-state index in [2.05, 4.69) is 23.7 Å².